The van der Waals surface area contributed by atoms with Crippen LogP contribution < -0.4 is 10.0 Å². The maximum atomic E-state index is 12.5. The van der Waals surface area contributed by atoms with E-state index in [1.807, 2.05) is 4.72 Å². The summed E-state index contributed by atoms with van der Waals surface area (Å²) in [5.41, 5.74) is 5.50. The summed E-state index contributed by atoms with van der Waals surface area (Å²) in [6, 6.07) is 0.934. The summed E-state index contributed by atoms with van der Waals surface area (Å²) in [5.74, 6) is 0. The fourth-order valence-corrected chi connectivity index (χ4v) is 6.73. The lowest BCUT2D eigenvalue weighted by Gasteiger charge is -2.19. The van der Waals surface area contributed by atoms with Gasteiger partial charge in [-0.25, -0.2) is 26.4 Å². The molecule has 3 aliphatic rings. The van der Waals surface area contributed by atoms with Crippen molar-refractivity contribution in [2.75, 3.05) is 18.1 Å². The summed E-state index contributed by atoms with van der Waals surface area (Å²) < 4.78 is 51.7. The lowest BCUT2D eigenvalue weighted by Crippen LogP contribution is -2.35. The van der Waals surface area contributed by atoms with E-state index in [0.717, 1.165) is 67.0 Å². The number of nitrogens with zero attached hydrogens (tertiary/aromatic N) is 1. The lowest BCUT2D eigenvalue weighted by molar-refractivity contribution is 0.256. The highest BCUT2D eigenvalue weighted by Crippen LogP contribution is 2.38. The Morgan fingerprint density at radius 3 is 2.27 bits per heavy atom. The second-order valence-electron chi connectivity index (χ2n) is 8.25. The van der Waals surface area contributed by atoms with Crippen molar-refractivity contribution in [3.8, 4) is 0 Å². The molecule has 4 rings (SSSR count). The molecule has 10 heteroatoms. The standard InChI is InChI=1S/C20H27N3O5S2/c1-29(25,26)23-11-4-7-16(23)10-12-30(27,28)22-20(24)21-19-17-8-2-5-14(17)13-15-6-3-9-18(15)19/h10,12-13,16H,2-9,11H2,1H3,(H2,21,22,24)/b12-10+/t16-/m1/s1. The maximum Gasteiger partial charge on any atom is 0.333 e. The third kappa shape index (κ3) is 4.40. The summed E-state index contributed by atoms with van der Waals surface area (Å²) in [7, 11) is -7.46. The van der Waals surface area contributed by atoms with Gasteiger partial charge in [-0.1, -0.05) is 12.1 Å². The molecule has 0 radical (unpaired) electrons. The number of sulfonamides is 2. The van der Waals surface area contributed by atoms with Gasteiger partial charge in [-0.05, 0) is 73.6 Å². The lowest BCUT2D eigenvalue weighted by atomic mass is 9.99. The quantitative estimate of drug-likeness (QED) is 0.709. The zero-order valence-corrected chi connectivity index (χ0v) is 18.6. The van der Waals surface area contributed by atoms with Gasteiger partial charge in [-0.15, -0.1) is 0 Å². The van der Waals surface area contributed by atoms with E-state index >= 15 is 0 Å². The molecule has 2 N–H and O–H groups in total. The molecule has 0 spiro atoms. The van der Waals surface area contributed by atoms with Crippen LogP contribution in [0.2, 0.25) is 0 Å². The number of benzene rings is 1. The summed E-state index contributed by atoms with van der Waals surface area (Å²) in [5, 5.41) is 3.68. The van der Waals surface area contributed by atoms with Gasteiger partial charge in [0.05, 0.1) is 6.26 Å². The topological polar surface area (TPSA) is 113 Å². The number of rotatable bonds is 5. The molecule has 0 unspecified atom stereocenters. The van der Waals surface area contributed by atoms with Crippen LogP contribution in [-0.2, 0) is 45.7 Å². The molecule has 1 aliphatic heterocycles. The normalized spacial score (nSPS) is 21.7. The second-order valence-corrected chi connectivity index (χ2v) is 11.7. The van der Waals surface area contributed by atoms with E-state index in [1.165, 1.54) is 21.5 Å². The van der Waals surface area contributed by atoms with Gasteiger partial charge >= 0.3 is 6.03 Å². The minimum Gasteiger partial charge on any atom is -0.307 e. The molecule has 8 nitrogen and oxygen atoms in total. The minimum atomic E-state index is -4.05. The number of fused-ring (bicyclic) bond motifs is 2. The molecular weight excluding hydrogens is 426 g/mol. The largest absolute Gasteiger partial charge is 0.333 e. The van der Waals surface area contributed by atoms with E-state index in [1.54, 1.807) is 0 Å². The van der Waals surface area contributed by atoms with Gasteiger partial charge in [0.15, 0.2) is 0 Å². The van der Waals surface area contributed by atoms with Gasteiger partial charge < -0.3 is 5.32 Å². The highest BCUT2D eigenvalue weighted by atomic mass is 32.2. The van der Waals surface area contributed by atoms with Crippen molar-refractivity contribution in [2.24, 2.45) is 0 Å². The van der Waals surface area contributed by atoms with Crippen molar-refractivity contribution >= 4 is 31.8 Å². The minimum absolute atomic E-state index is 0.367. The molecule has 2 amide bonds. The van der Waals surface area contributed by atoms with Gasteiger partial charge in [0.2, 0.25) is 10.0 Å². The molecule has 1 atom stereocenters. The highest BCUT2D eigenvalue weighted by Gasteiger charge is 2.30. The molecule has 0 saturated carbocycles. The number of anilines is 1. The molecule has 1 aromatic carbocycles. The number of hydrogen-bond acceptors (Lipinski definition) is 5. The first-order chi connectivity index (χ1) is 14.1. The van der Waals surface area contributed by atoms with Crippen LogP contribution in [-0.4, -0.2) is 46.0 Å². The number of nitrogens with one attached hydrogen (secondary N) is 2. The third-order valence-corrected chi connectivity index (χ3v) is 8.39. The molecule has 30 heavy (non-hydrogen) atoms. The summed E-state index contributed by atoms with van der Waals surface area (Å²) >= 11 is 0. The van der Waals surface area contributed by atoms with E-state index in [-0.39, 0.29) is 0 Å². The number of urea groups is 1. The first-order valence-electron chi connectivity index (χ1n) is 10.3. The van der Waals surface area contributed by atoms with Gasteiger partial charge in [-0.3, -0.25) is 0 Å². The Labute approximate surface area is 177 Å². The van der Waals surface area contributed by atoms with Crippen LogP contribution in [0.15, 0.2) is 17.6 Å². The summed E-state index contributed by atoms with van der Waals surface area (Å²) in [6.07, 6.45) is 9.46. The van der Waals surface area contributed by atoms with Crippen molar-refractivity contribution in [3.63, 3.8) is 0 Å². The van der Waals surface area contributed by atoms with E-state index < -0.39 is 32.1 Å². The Hall–Kier alpha value is -1.91. The van der Waals surface area contributed by atoms with Gasteiger partial charge in [0, 0.05) is 23.7 Å². The zero-order chi connectivity index (χ0) is 21.5. The molecule has 1 heterocycles. The molecule has 0 bridgehead atoms. The Kier molecular flexibility index (Phi) is 5.67. The molecule has 2 aliphatic carbocycles. The Balaban J connectivity index is 1.47. The Morgan fingerprint density at radius 1 is 1.03 bits per heavy atom. The van der Waals surface area contributed by atoms with E-state index in [0.29, 0.717) is 19.4 Å². The fourth-order valence-electron chi connectivity index (χ4n) is 4.83. The number of carbonyl (C=O) groups is 1. The Morgan fingerprint density at radius 2 is 1.67 bits per heavy atom. The third-order valence-electron chi connectivity index (χ3n) is 6.10. The van der Waals surface area contributed by atoms with Crippen molar-refractivity contribution in [3.05, 3.63) is 39.8 Å². The van der Waals surface area contributed by atoms with Crippen LogP contribution in [0.4, 0.5) is 10.5 Å². The molecular formula is C20H27N3O5S2. The van der Waals surface area contributed by atoms with Crippen LogP contribution in [0.1, 0.15) is 47.9 Å². The van der Waals surface area contributed by atoms with E-state index in [9.17, 15) is 21.6 Å². The smallest absolute Gasteiger partial charge is 0.307 e. The van der Waals surface area contributed by atoms with Crippen LogP contribution >= 0.6 is 0 Å². The predicted molar refractivity (Wildman–Crippen MR) is 115 cm³/mol. The van der Waals surface area contributed by atoms with Crippen molar-refractivity contribution in [2.45, 2.75) is 57.4 Å². The Bertz CT molecular complexity index is 1080. The summed E-state index contributed by atoms with van der Waals surface area (Å²) in [6.45, 7) is 0.367. The number of amides is 2. The molecule has 0 aromatic heterocycles. The zero-order valence-electron chi connectivity index (χ0n) is 17.0. The average Bonchev–Trinajstić information content (AvgIpc) is 3.38. The van der Waals surface area contributed by atoms with Crippen molar-refractivity contribution in [1.29, 1.82) is 0 Å². The predicted octanol–water partition coefficient (Wildman–Crippen LogP) is 2.05. The van der Waals surface area contributed by atoms with Gasteiger partial charge in [-0.2, -0.15) is 4.31 Å². The number of hydrogen-bond donors (Lipinski definition) is 2. The van der Waals surface area contributed by atoms with Crippen LogP contribution in [0.25, 0.3) is 0 Å². The van der Waals surface area contributed by atoms with Crippen molar-refractivity contribution in [1.82, 2.24) is 9.03 Å². The highest BCUT2D eigenvalue weighted by molar-refractivity contribution is 7.93. The molecule has 1 aromatic rings. The van der Waals surface area contributed by atoms with Gasteiger partial charge in [0.25, 0.3) is 10.0 Å². The van der Waals surface area contributed by atoms with E-state index in [4.69, 9.17) is 0 Å². The molecule has 1 fully saturated rings. The second kappa shape index (κ2) is 7.97. The first kappa shape index (κ1) is 21.3. The van der Waals surface area contributed by atoms with Crippen LogP contribution in [0.3, 0.4) is 0 Å². The van der Waals surface area contributed by atoms with E-state index in [2.05, 4.69) is 11.4 Å². The first-order valence-corrected chi connectivity index (χ1v) is 13.7. The number of aryl methyl sites for hydroxylation is 2. The van der Waals surface area contributed by atoms with Crippen LogP contribution in [0.5, 0.6) is 0 Å². The molecule has 1 saturated heterocycles. The monoisotopic (exact) mass is 453 g/mol. The maximum absolute atomic E-state index is 12.5. The summed E-state index contributed by atoms with van der Waals surface area (Å²) in [4.78, 5) is 12.5. The van der Waals surface area contributed by atoms with Crippen molar-refractivity contribution < 1.29 is 21.6 Å². The van der Waals surface area contributed by atoms with Gasteiger partial charge in [0.1, 0.15) is 0 Å². The SMILES string of the molecule is CS(=O)(=O)N1CCC[C@@H]1/C=C/S(=O)(=O)NC(=O)Nc1c2c(cc3c1CCC3)CCC2. The average molecular weight is 454 g/mol. The fraction of sp³-hybridized carbons (Fsp3) is 0.550. The number of carbonyl (C=O) groups excluding carboxylic acids is 1. The molecule has 164 valence electrons. The van der Waals surface area contributed by atoms with Crippen LogP contribution in [0, 0.1) is 0 Å².